The highest BCUT2D eigenvalue weighted by Gasteiger charge is 2.07. The lowest BCUT2D eigenvalue weighted by atomic mass is 10.4. The molecule has 57 valence electrons. The molecule has 3 nitrogen and oxygen atoms in total. The van der Waals surface area contributed by atoms with Crippen LogP contribution in [0.1, 0.15) is 0 Å². The molecule has 1 rings (SSSR count). The molecule has 1 radical (unpaired) electrons. The fourth-order valence-corrected chi connectivity index (χ4v) is 0.968. The molecule has 1 heterocycles. The van der Waals surface area contributed by atoms with Crippen molar-refractivity contribution in [3.05, 3.63) is 0 Å². The summed E-state index contributed by atoms with van der Waals surface area (Å²) < 4.78 is 5.16. The Morgan fingerprint density at radius 3 is 2.80 bits per heavy atom. The number of ether oxygens (including phenoxy) is 1. The molecule has 1 aliphatic heterocycles. The number of hydrogen-bond acceptors (Lipinski definition) is 3. The highest BCUT2D eigenvalue weighted by molar-refractivity contribution is 7.78. The van der Waals surface area contributed by atoms with E-state index in [1.54, 1.807) is 0 Å². The highest BCUT2D eigenvalue weighted by Crippen LogP contribution is 1.92. The molecule has 10 heavy (non-hydrogen) atoms. The highest BCUT2D eigenvalue weighted by atomic mass is 32.1. The lowest BCUT2D eigenvalue weighted by molar-refractivity contribution is 0.0369. The molecule has 0 aromatic rings. The largest absolute Gasteiger partial charge is 0.379 e. The summed E-state index contributed by atoms with van der Waals surface area (Å²) in [6.45, 7) is 4.44. The van der Waals surface area contributed by atoms with Crippen LogP contribution in [0.25, 0.3) is 0 Å². The normalized spacial score (nSPS) is 20.4. The maximum absolute atomic E-state index is 5.16. The van der Waals surface area contributed by atoms with E-state index in [1.165, 1.54) is 0 Å². The predicted molar refractivity (Wildman–Crippen MR) is 43.0 cm³/mol. The van der Waals surface area contributed by atoms with Crippen molar-refractivity contribution in [2.24, 2.45) is 0 Å². The maximum atomic E-state index is 5.16. The Morgan fingerprint density at radius 2 is 2.20 bits per heavy atom. The molecule has 0 amide bonds. The first kappa shape index (κ1) is 7.91. The van der Waals surface area contributed by atoms with Crippen LogP contribution in [0.3, 0.4) is 0 Å². The third-order valence-electron chi connectivity index (χ3n) is 1.48. The Labute approximate surface area is 66.3 Å². The number of hydrogen-bond donors (Lipinski definition) is 1. The quantitative estimate of drug-likeness (QED) is 0.451. The van der Waals surface area contributed by atoms with Crippen molar-refractivity contribution in [2.75, 3.05) is 33.0 Å². The van der Waals surface area contributed by atoms with E-state index < -0.39 is 0 Å². The number of rotatable bonds is 3. The summed E-state index contributed by atoms with van der Waals surface area (Å²) >= 11 is 4.50. The summed E-state index contributed by atoms with van der Waals surface area (Å²) in [6, 6.07) is 0. The van der Waals surface area contributed by atoms with E-state index in [1.807, 2.05) is 0 Å². The van der Waals surface area contributed by atoms with Gasteiger partial charge in [0.25, 0.3) is 0 Å². The summed E-state index contributed by atoms with van der Waals surface area (Å²) in [5, 5.41) is 2.85. The minimum Gasteiger partial charge on any atom is -0.379 e. The first-order valence-electron chi connectivity index (χ1n) is 3.33. The fraction of sp³-hybridized carbons (Fsp3) is 0.833. The molecular formula is C6H11N2OS. The topological polar surface area (TPSA) is 24.5 Å². The number of nitrogens with one attached hydrogen (secondary N) is 1. The zero-order valence-corrected chi connectivity index (χ0v) is 6.62. The van der Waals surface area contributed by atoms with Crippen molar-refractivity contribution in [3.8, 4) is 0 Å². The number of morpholine rings is 1. The SMILES string of the molecule is S=[C]NCN1CCOCC1. The van der Waals surface area contributed by atoms with E-state index in [2.05, 4.69) is 27.9 Å². The molecule has 1 N–H and O–H groups in total. The predicted octanol–water partition coefficient (Wildman–Crippen LogP) is -0.300. The minimum atomic E-state index is 0.798. The van der Waals surface area contributed by atoms with E-state index in [9.17, 15) is 0 Å². The van der Waals surface area contributed by atoms with Crippen LogP contribution in [-0.2, 0) is 4.74 Å². The third-order valence-corrected chi connectivity index (χ3v) is 1.62. The molecule has 0 aromatic heterocycles. The van der Waals surface area contributed by atoms with E-state index in [0.717, 1.165) is 33.0 Å². The molecule has 0 aromatic carbocycles. The van der Waals surface area contributed by atoms with Crippen LogP contribution < -0.4 is 5.32 Å². The number of thiocarbonyl (C=S) groups is 1. The Hall–Kier alpha value is -0.190. The molecule has 0 bridgehead atoms. The van der Waals surface area contributed by atoms with Gasteiger partial charge in [-0.2, -0.15) is 0 Å². The first-order chi connectivity index (χ1) is 4.93. The van der Waals surface area contributed by atoms with Crippen LogP contribution in [-0.4, -0.2) is 43.4 Å². The van der Waals surface area contributed by atoms with Crippen molar-refractivity contribution in [1.82, 2.24) is 10.2 Å². The second kappa shape index (κ2) is 4.60. The van der Waals surface area contributed by atoms with E-state index in [0.29, 0.717) is 0 Å². The first-order valence-corrected chi connectivity index (χ1v) is 3.74. The van der Waals surface area contributed by atoms with Gasteiger partial charge in [-0.15, -0.1) is 0 Å². The molecular weight excluding hydrogens is 148 g/mol. The van der Waals surface area contributed by atoms with Gasteiger partial charge in [-0.1, -0.05) is 12.2 Å². The van der Waals surface area contributed by atoms with Gasteiger partial charge >= 0.3 is 0 Å². The van der Waals surface area contributed by atoms with E-state index in [-0.39, 0.29) is 0 Å². The summed E-state index contributed by atoms with van der Waals surface area (Å²) in [4.78, 5) is 2.24. The van der Waals surface area contributed by atoms with Crippen molar-refractivity contribution in [3.63, 3.8) is 0 Å². The van der Waals surface area contributed by atoms with Gasteiger partial charge < -0.3 is 10.1 Å². The van der Waals surface area contributed by atoms with Gasteiger partial charge in [0, 0.05) is 13.1 Å². The van der Waals surface area contributed by atoms with Crippen LogP contribution in [0, 0.1) is 0 Å². The Morgan fingerprint density at radius 1 is 1.50 bits per heavy atom. The van der Waals surface area contributed by atoms with Crippen LogP contribution in [0.4, 0.5) is 0 Å². The van der Waals surface area contributed by atoms with Crippen molar-refractivity contribution in [2.45, 2.75) is 0 Å². The Bertz CT molecular complexity index is 104. The Kier molecular flexibility index (Phi) is 3.64. The van der Waals surface area contributed by atoms with Gasteiger partial charge in [-0.3, -0.25) is 4.90 Å². The maximum Gasteiger partial charge on any atom is 0.135 e. The van der Waals surface area contributed by atoms with Crippen LogP contribution >= 0.6 is 12.2 Å². The molecule has 0 unspecified atom stereocenters. The lowest BCUT2D eigenvalue weighted by Gasteiger charge is -2.25. The molecule has 0 saturated carbocycles. The van der Waals surface area contributed by atoms with Gasteiger partial charge in [-0.05, 0) is 0 Å². The molecule has 0 spiro atoms. The summed E-state index contributed by atoms with van der Waals surface area (Å²) in [5.74, 6) is 0. The van der Waals surface area contributed by atoms with Crippen molar-refractivity contribution < 1.29 is 4.74 Å². The smallest absolute Gasteiger partial charge is 0.135 e. The average Bonchev–Trinajstić information content (AvgIpc) is 2.03. The van der Waals surface area contributed by atoms with Crippen LogP contribution in [0.15, 0.2) is 0 Å². The lowest BCUT2D eigenvalue weighted by Crippen LogP contribution is -2.41. The fourth-order valence-electron chi connectivity index (χ4n) is 0.903. The molecule has 0 aliphatic carbocycles. The van der Waals surface area contributed by atoms with Crippen LogP contribution in [0.2, 0.25) is 0 Å². The van der Waals surface area contributed by atoms with Gasteiger partial charge in [-0.25, -0.2) is 0 Å². The van der Waals surface area contributed by atoms with E-state index in [4.69, 9.17) is 4.74 Å². The average molecular weight is 159 g/mol. The molecule has 1 fully saturated rings. The van der Waals surface area contributed by atoms with Gasteiger partial charge in [0.05, 0.1) is 19.9 Å². The number of nitrogens with zero attached hydrogens (tertiary/aromatic N) is 1. The van der Waals surface area contributed by atoms with Crippen LogP contribution in [0.5, 0.6) is 0 Å². The molecule has 1 saturated heterocycles. The van der Waals surface area contributed by atoms with E-state index >= 15 is 0 Å². The second-order valence-electron chi connectivity index (χ2n) is 2.17. The molecule has 0 atom stereocenters. The second-order valence-corrected chi connectivity index (χ2v) is 2.37. The summed E-state index contributed by atoms with van der Waals surface area (Å²) in [6.07, 6.45) is 0. The monoisotopic (exact) mass is 159 g/mol. The van der Waals surface area contributed by atoms with Gasteiger partial charge in [0.1, 0.15) is 5.49 Å². The van der Waals surface area contributed by atoms with Crippen molar-refractivity contribution >= 4 is 17.7 Å². The Balaban J connectivity index is 2.07. The van der Waals surface area contributed by atoms with Crippen molar-refractivity contribution in [1.29, 1.82) is 0 Å². The van der Waals surface area contributed by atoms with Gasteiger partial charge in [0.15, 0.2) is 0 Å². The molecule has 4 heteroatoms. The minimum absolute atomic E-state index is 0.798. The standard InChI is InChI=1S/C6H11N2OS/c10-6-7-5-8-1-3-9-4-2-8/h1-5H2,(H,7,10). The summed E-state index contributed by atoms with van der Waals surface area (Å²) in [7, 11) is 0. The third kappa shape index (κ3) is 2.60. The molecule has 1 aliphatic rings. The van der Waals surface area contributed by atoms with Gasteiger partial charge in [0.2, 0.25) is 0 Å². The zero-order chi connectivity index (χ0) is 7.23. The summed E-state index contributed by atoms with van der Waals surface area (Å²) in [5.41, 5.74) is 2.47. The zero-order valence-electron chi connectivity index (χ0n) is 5.80.